The van der Waals surface area contributed by atoms with Gasteiger partial charge in [-0.25, -0.2) is 4.68 Å². The number of likely N-dealkylation sites (N-methyl/N-ethyl adjacent to an activating group) is 1. The minimum Gasteiger partial charge on any atom is -0.313 e. The van der Waals surface area contributed by atoms with Crippen LogP contribution in [-0.2, 0) is 0 Å². The van der Waals surface area contributed by atoms with Gasteiger partial charge in [0.25, 0.3) is 0 Å². The van der Waals surface area contributed by atoms with Crippen LogP contribution in [0.1, 0.15) is 30.4 Å². The molecule has 0 aliphatic carbocycles. The third-order valence-corrected chi connectivity index (χ3v) is 1.66. The number of aromatic nitrogens is 3. The molecule has 1 aromatic heterocycles. The number of hydrogen-bond donors (Lipinski definition) is 1. The molecule has 0 saturated carbocycles. The van der Waals surface area contributed by atoms with Gasteiger partial charge in [-0.05, 0) is 20.9 Å². The fraction of sp³-hybridized carbons (Fsp3) is 0.625. The van der Waals surface area contributed by atoms with Crippen molar-refractivity contribution in [3.05, 3.63) is 11.9 Å². The van der Waals surface area contributed by atoms with Crippen molar-refractivity contribution in [2.75, 3.05) is 13.6 Å². The van der Waals surface area contributed by atoms with E-state index in [1.807, 2.05) is 13.8 Å². The van der Waals surface area contributed by atoms with E-state index in [2.05, 4.69) is 15.6 Å². The quantitative estimate of drug-likeness (QED) is 0.678. The summed E-state index contributed by atoms with van der Waals surface area (Å²) in [6.45, 7) is 4.28. The lowest BCUT2D eigenvalue weighted by Gasteiger charge is -2.00. The van der Waals surface area contributed by atoms with Crippen LogP contribution >= 0.6 is 0 Å². The molecule has 13 heavy (non-hydrogen) atoms. The van der Waals surface area contributed by atoms with Crippen molar-refractivity contribution >= 4 is 5.78 Å². The van der Waals surface area contributed by atoms with Crippen LogP contribution in [0.4, 0.5) is 0 Å². The third-order valence-electron chi connectivity index (χ3n) is 1.66. The molecule has 0 aliphatic rings. The van der Waals surface area contributed by atoms with Gasteiger partial charge < -0.3 is 5.32 Å². The van der Waals surface area contributed by atoms with Gasteiger partial charge in [0.05, 0.1) is 12.7 Å². The van der Waals surface area contributed by atoms with Crippen LogP contribution in [-0.4, -0.2) is 34.4 Å². The van der Waals surface area contributed by atoms with E-state index in [0.717, 1.165) is 0 Å². The molecule has 0 amide bonds. The molecule has 5 heteroatoms. The number of Topliss-reactive ketones (excluding diaryl/α,β-unsaturated/α-hetero) is 1. The molecule has 1 N–H and O–H groups in total. The van der Waals surface area contributed by atoms with Gasteiger partial charge in [-0.2, -0.15) is 0 Å². The standard InChI is InChI=1S/C8H14N4O/c1-6(2)12-5-7(10-11-12)8(13)4-9-3/h5-6,9H,4H2,1-3H3. The Hall–Kier alpha value is -1.23. The molecular weight excluding hydrogens is 168 g/mol. The number of nitrogens with zero attached hydrogens (tertiary/aromatic N) is 3. The Morgan fingerprint density at radius 2 is 2.38 bits per heavy atom. The molecule has 0 radical (unpaired) electrons. The summed E-state index contributed by atoms with van der Waals surface area (Å²) in [5.41, 5.74) is 0.419. The predicted molar refractivity (Wildman–Crippen MR) is 48.7 cm³/mol. The number of rotatable bonds is 4. The van der Waals surface area contributed by atoms with Crippen LogP contribution < -0.4 is 5.32 Å². The molecule has 0 aliphatic heterocycles. The highest BCUT2D eigenvalue weighted by Crippen LogP contribution is 2.02. The van der Waals surface area contributed by atoms with E-state index in [1.54, 1.807) is 17.9 Å². The van der Waals surface area contributed by atoms with Gasteiger partial charge in [-0.15, -0.1) is 5.10 Å². The SMILES string of the molecule is CNCC(=O)c1cn(C(C)C)nn1. The average Bonchev–Trinajstić information content (AvgIpc) is 2.52. The average molecular weight is 182 g/mol. The highest BCUT2D eigenvalue weighted by molar-refractivity contribution is 5.95. The zero-order valence-electron chi connectivity index (χ0n) is 8.11. The van der Waals surface area contributed by atoms with Crippen LogP contribution in [0.15, 0.2) is 6.20 Å². The Balaban J connectivity index is 2.73. The van der Waals surface area contributed by atoms with E-state index in [9.17, 15) is 4.79 Å². The number of carbonyl (C=O) groups is 1. The fourth-order valence-corrected chi connectivity index (χ4v) is 0.908. The van der Waals surface area contributed by atoms with E-state index < -0.39 is 0 Å². The molecule has 0 fully saturated rings. The Morgan fingerprint density at radius 3 is 2.85 bits per heavy atom. The fourth-order valence-electron chi connectivity index (χ4n) is 0.908. The second-order valence-electron chi connectivity index (χ2n) is 3.13. The van der Waals surface area contributed by atoms with Crippen LogP contribution in [0.3, 0.4) is 0 Å². The van der Waals surface area contributed by atoms with Crippen LogP contribution in [0.25, 0.3) is 0 Å². The number of ketones is 1. The van der Waals surface area contributed by atoms with Crippen molar-refractivity contribution in [2.24, 2.45) is 0 Å². The Morgan fingerprint density at radius 1 is 1.69 bits per heavy atom. The first-order valence-electron chi connectivity index (χ1n) is 4.24. The molecule has 0 aromatic carbocycles. The van der Waals surface area contributed by atoms with E-state index >= 15 is 0 Å². The first-order chi connectivity index (χ1) is 6.15. The third kappa shape index (κ3) is 2.35. The van der Waals surface area contributed by atoms with Crippen molar-refractivity contribution in [1.82, 2.24) is 20.3 Å². The summed E-state index contributed by atoms with van der Waals surface area (Å²) in [5, 5.41) is 10.4. The molecule has 72 valence electrons. The van der Waals surface area contributed by atoms with Gasteiger partial charge in [0.1, 0.15) is 5.69 Å². The lowest BCUT2D eigenvalue weighted by molar-refractivity contribution is 0.0989. The maximum absolute atomic E-state index is 11.3. The maximum Gasteiger partial charge on any atom is 0.198 e. The normalized spacial score (nSPS) is 10.8. The molecule has 1 aromatic rings. The summed E-state index contributed by atoms with van der Waals surface area (Å²) in [6, 6.07) is 0.239. The molecule has 5 nitrogen and oxygen atoms in total. The molecular formula is C8H14N4O. The van der Waals surface area contributed by atoms with E-state index in [4.69, 9.17) is 0 Å². The van der Waals surface area contributed by atoms with E-state index in [1.165, 1.54) is 0 Å². The van der Waals surface area contributed by atoms with Gasteiger partial charge in [0.15, 0.2) is 5.78 Å². The largest absolute Gasteiger partial charge is 0.313 e. The monoisotopic (exact) mass is 182 g/mol. The summed E-state index contributed by atoms with van der Waals surface area (Å²) < 4.78 is 1.67. The molecule has 0 spiro atoms. The lowest BCUT2D eigenvalue weighted by Crippen LogP contribution is -2.18. The number of hydrogen-bond acceptors (Lipinski definition) is 4. The van der Waals surface area contributed by atoms with Gasteiger partial charge in [0, 0.05) is 6.04 Å². The highest BCUT2D eigenvalue weighted by atomic mass is 16.1. The first kappa shape index (κ1) is 9.85. The van der Waals surface area contributed by atoms with Gasteiger partial charge in [-0.3, -0.25) is 4.79 Å². The lowest BCUT2D eigenvalue weighted by atomic mass is 10.3. The van der Waals surface area contributed by atoms with Crippen molar-refractivity contribution in [1.29, 1.82) is 0 Å². The summed E-state index contributed by atoms with van der Waals surface area (Å²) in [5.74, 6) is -0.0330. The van der Waals surface area contributed by atoms with Crippen molar-refractivity contribution < 1.29 is 4.79 Å². The van der Waals surface area contributed by atoms with E-state index in [0.29, 0.717) is 12.2 Å². The predicted octanol–water partition coefficient (Wildman–Crippen LogP) is 0.261. The molecule has 0 saturated heterocycles. The zero-order chi connectivity index (χ0) is 9.84. The molecule has 0 unspecified atom stereocenters. The van der Waals surface area contributed by atoms with Crippen LogP contribution in [0.2, 0.25) is 0 Å². The van der Waals surface area contributed by atoms with Gasteiger partial charge in [0.2, 0.25) is 0 Å². The van der Waals surface area contributed by atoms with Crippen molar-refractivity contribution in [3.8, 4) is 0 Å². The Labute approximate surface area is 77.1 Å². The second kappa shape index (κ2) is 4.13. The van der Waals surface area contributed by atoms with E-state index in [-0.39, 0.29) is 11.8 Å². The summed E-state index contributed by atoms with van der Waals surface area (Å²) in [7, 11) is 1.73. The van der Waals surface area contributed by atoms with Crippen LogP contribution in [0.5, 0.6) is 0 Å². The minimum absolute atomic E-state index is 0.0330. The smallest absolute Gasteiger partial charge is 0.198 e. The van der Waals surface area contributed by atoms with Crippen molar-refractivity contribution in [2.45, 2.75) is 19.9 Å². The summed E-state index contributed by atoms with van der Waals surface area (Å²) >= 11 is 0. The molecule has 0 atom stereocenters. The summed E-state index contributed by atoms with van der Waals surface area (Å²) in [6.07, 6.45) is 1.67. The van der Waals surface area contributed by atoms with Gasteiger partial charge in [-0.1, -0.05) is 5.21 Å². The Kier molecular flexibility index (Phi) is 3.13. The Bertz CT molecular complexity index is 292. The molecule has 0 bridgehead atoms. The topological polar surface area (TPSA) is 59.8 Å². The zero-order valence-corrected chi connectivity index (χ0v) is 8.11. The number of carbonyl (C=O) groups excluding carboxylic acids is 1. The first-order valence-corrected chi connectivity index (χ1v) is 4.24. The minimum atomic E-state index is -0.0330. The van der Waals surface area contributed by atoms with Crippen LogP contribution in [0, 0.1) is 0 Å². The summed E-state index contributed by atoms with van der Waals surface area (Å²) in [4.78, 5) is 11.3. The number of nitrogens with one attached hydrogen (secondary N) is 1. The highest BCUT2D eigenvalue weighted by Gasteiger charge is 2.10. The molecule has 1 heterocycles. The molecule has 1 rings (SSSR count). The van der Waals surface area contributed by atoms with Gasteiger partial charge >= 0.3 is 0 Å². The maximum atomic E-state index is 11.3. The van der Waals surface area contributed by atoms with Crippen molar-refractivity contribution in [3.63, 3.8) is 0 Å². The second-order valence-corrected chi connectivity index (χ2v) is 3.13.